The number of carbonyl (C=O) groups is 2. The first-order valence-corrected chi connectivity index (χ1v) is 10.7. The summed E-state index contributed by atoms with van der Waals surface area (Å²) in [6, 6.07) is 6.40. The zero-order valence-corrected chi connectivity index (χ0v) is 20.4. The molecule has 1 unspecified atom stereocenters. The van der Waals surface area contributed by atoms with E-state index in [0.717, 1.165) is 44.9 Å². The maximum Gasteiger partial charge on any atom is 1.00 e. The maximum atomic E-state index is 12.0. The fourth-order valence-corrected chi connectivity index (χ4v) is 2.95. The van der Waals surface area contributed by atoms with Crippen molar-refractivity contribution < 1.29 is 53.7 Å². The quantitative estimate of drug-likeness (QED) is 0.234. The number of hydrogen-bond acceptors (Lipinski definition) is 5. The zero-order chi connectivity index (χ0) is 20.6. The van der Waals surface area contributed by atoms with Crippen molar-refractivity contribution >= 4 is 11.9 Å². The molecule has 5 nitrogen and oxygen atoms in total. The molecule has 0 radical (unpaired) electrons. The molecule has 0 saturated heterocycles. The van der Waals surface area contributed by atoms with Crippen molar-refractivity contribution in [2.24, 2.45) is 0 Å². The molecule has 0 fully saturated rings. The van der Waals surface area contributed by atoms with Gasteiger partial charge in [-0.3, -0.25) is 0 Å². The van der Waals surface area contributed by atoms with Crippen LogP contribution in [-0.2, 0) is 9.53 Å². The van der Waals surface area contributed by atoms with Crippen molar-refractivity contribution in [2.75, 3.05) is 6.61 Å². The summed E-state index contributed by atoms with van der Waals surface area (Å²) in [5.41, 5.74) is 0.434. The minimum Gasteiger partial charge on any atom is -0.546 e. The number of benzene rings is 1. The van der Waals surface area contributed by atoms with Gasteiger partial charge in [0.25, 0.3) is 0 Å². The first kappa shape index (κ1) is 28.0. The molecule has 0 aliphatic rings. The molecule has 0 aliphatic carbocycles. The van der Waals surface area contributed by atoms with Crippen molar-refractivity contribution in [3.05, 3.63) is 29.8 Å². The Kier molecular flexibility index (Phi) is 17.1. The van der Waals surface area contributed by atoms with Crippen LogP contribution in [0.3, 0.4) is 0 Å². The second-order valence-corrected chi connectivity index (χ2v) is 7.20. The van der Waals surface area contributed by atoms with E-state index in [1.54, 1.807) is 24.3 Å². The van der Waals surface area contributed by atoms with Gasteiger partial charge in [-0.25, -0.2) is 4.79 Å². The van der Waals surface area contributed by atoms with Crippen molar-refractivity contribution in [3.8, 4) is 5.75 Å². The van der Waals surface area contributed by atoms with Gasteiger partial charge in [0.15, 0.2) is 0 Å². The minimum absolute atomic E-state index is 0. The summed E-state index contributed by atoms with van der Waals surface area (Å²) >= 11 is 0. The summed E-state index contributed by atoms with van der Waals surface area (Å²) in [7, 11) is 0. The van der Waals surface area contributed by atoms with E-state index in [0.29, 0.717) is 24.3 Å². The van der Waals surface area contributed by atoms with E-state index in [4.69, 9.17) is 9.47 Å². The average molecular weight is 415 g/mol. The smallest absolute Gasteiger partial charge is 0.546 e. The molecule has 1 rings (SSSR count). The summed E-state index contributed by atoms with van der Waals surface area (Å²) in [6.07, 6.45) is 10.2. The van der Waals surface area contributed by atoms with Crippen LogP contribution in [0.2, 0.25) is 0 Å². The van der Waals surface area contributed by atoms with Gasteiger partial charge in [-0.2, -0.15) is 0 Å². The molecule has 0 aromatic heterocycles. The Morgan fingerprint density at radius 2 is 1.41 bits per heavy atom. The number of carboxylic acid groups (broad SMARTS) is 1. The molecule has 29 heavy (non-hydrogen) atoms. The molecule has 158 valence electrons. The van der Waals surface area contributed by atoms with Gasteiger partial charge in [0.05, 0.1) is 18.1 Å². The molecule has 0 heterocycles. The van der Waals surface area contributed by atoms with Crippen molar-refractivity contribution in [1.29, 1.82) is 0 Å². The molecule has 6 heteroatoms. The second kappa shape index (κ2) is 17.8. The molecule has 0 bridgehead atoms. The van der Waals surface area contributed by atoms with E-state index in [1.807, 2.05) is 0 Å². The van der Waals surface area contributed by atoms with E-state index in [1.165, 1.54) is 19.3 Å². The van der Waals surface area contributed by atoms with E-state index in [9.17, 15) is 14.7 Å². The van der Waals surface area contributed by atoms with Crippen LogP contribution in [0.25, 0.3) is 0 Å². The average Bonchev–Trinajstić information content (AvgIpc) is 2.69. The Morgan fingerprint density at radius 1 is 0.862 bits per heavy atom. The summed E-state index contributed by atoms with van der Waals surface area (Å²) in [6.45, 7) is 4.72. The van der Waals surface area contributed by atoms with Gasteiger partial charge >= 0.3 is 35.5 Å². The Bertz CT molecular complexity index is 559. The summed E-state index contributed by atoms with van der Waals surface area (Å²) in [5, 5.41) is 11.3. The number of esters is 1. The van der Waals surface area contributed by atoms with E-state index >= 15 is 0 Å². The maximum absolute atomic E-state index is 12.0. The third-order valence-corrected chi connectivity index (χ3v) is 4.68. The SMILES string of the molecule is CCCCCCCCC(Oc1ccc(C(=O)OCCCCCC)cc1)C(=O)[O-].[Na+]. The summed E-state index contributed by atoms with van der Waals surface area (Å²) < 4.78 is 10.8. The fourth-order valence-electron chi connectivity index (χ4n) is 2.95. The van der Waals surface area contributed by atoms with Crippen molar-refractivity contribution in [3.63, 3.8) is 0 Å². The number of unbranched alkanes of at least 4 members (excludes halogenated alkanes) is 8. The van der Waals surface area contributed by atoms with Crippen LogP contribution in [-0.4, -0.2) is 24.6 Å². The first-order chi connectivity index (χ1) is 13.6. The van der Waals surface area contributed by atoms with E-state index < -0.39 is 12.1 Å². The van der Waals surface area contributed by atoms with Crippen LogP contribution in [0.15, 0.2) is 24.3 Å². The molecule has 0 amide bonds. The van der Waals surface area contributed by atoms with Gasteiger partial charge in [-0.15, -0.1) is 0 Å². The monoisotopic (exact) mass is 414 g/mol. The number of carboxylic acids is 1. The van der Waals surface area contributed by atoms with Gasteiger partial charge in [0.2, 0.25) is 0 Å². The molecule has 1 aromatic carbocycles. The Morgan fingerprint density at radius 3 is 2.00 bits per heavy atom. The van der Waals surface area contributed by atoms with Gasteiger partial charge in [0, 0.05) is 0 Å². The third kappa shape index (κ3) is 13.0. The predicted molar refractivity (Wildman–Crippen MR) is 108 cm³/mol. The molecule has 0 N–H and O–H groups in total. The van der Waals surface area contributed by atoms with Crippen LogP contribution >= 0.6 is 0 Å². The van der Waals surface area contributed by atoms with E-state index in [-0.39, 0.29) is 35.5 Å². The Hall–Kier alpha value is -1.04. The zero-order valence-electron chi connectivity index (χ0n) is 18.4. The molecular weight excluding hydrogens is 379 g/mol. The summed E-state index contributed by atoms with van der Waals surface area (Å²) in [4.78, 5) is 23.3. The standard InChI is InChI=1S/C23H36O5.Na/c1-3-5-7-9-10-11-13-21(22(24)25)28-20-16-14-19(15-17-20)23(26)27-18-12-8-6-4-2;/h14-17,21H,3-13,18H2,1-2H3,(H,24,25);/q;+1/p-1. The fraction of sp³-hybridized carbons (Fsp3) is 0.652. The van der Waals surface area contributed by atoms with Crippen LogP contribution in [0.4, 0.5) is 0 Å². The number of ether oxygens (including phenoxy) is 2. The van der Waals surface area contributed by atoms with Crippen LogP contribution in [0.5, 0.6) is 5.75 Å². The normalized spacial score (nSPS) is 11.4. The third-order valence-electron chi connectivity index (χ3n) is 4.68. The number of aliphatic carboxylic acids is 1. The predicted octanol–water partition coefficient (Wildman–Crippen LogP) is 1.68. The molecule has 0 aliphatic heterocycles. The van der Waals surface area contributed by atoms with Gasteiger partial charge < -0.3 is 19.4 Å². The van der Waals surface area contributed by atoms with Crippen molar-refractivity contribution in [1.82, 2.24) is 0 Å². The minimum atomic E-state index is -1.20. The molecule has 1 atom stereocenters. The first-order valence-electron chi connectivity index (χ1n) is 10.7. The molecular formula is C23H35NaO5. The second-order valence-electron chi connectivity index (χ2n) is 7.20. The topological polar surface area (TPSA) is 75.7 Å². The molecule has 0 spiro atoms. The van der Waals surface area contributed by atoms with Gasteiger partial charge in [-0.05, 0) is 43.5 Å². The number of carbonyl (C=O) groups excluding carboxylic acids is 2. The Balaban J connectivity index is 0.00000784. The summed E-state index contributed by atoms with van der Waals surface area (Å²) in [5.74, 6) is -1.16. The van der Waals surface area contributed by atoms with Crippen LogP contribution < -0.4 is 39.4 Å². The van der Waals surface area contributed by atoms with E-state index in [2.05, 4.69) is 13.8 Å². The number of rotatable bonds is 16. The Labute approximate surface area is 197 Å². The molecule has 1 aromatic rings. The van der Waals surface area contributed by atoms with Crippen LogP contribution in [0.1, 0.15) is 94.8 Å². The largest absolute Gasteiger partial charge is 1.00 e. The number of hydrogen-bond donors (Lipinski definition) is 0. The van der Waals surface area contributed by atoms with Crippen LogP contribution in [0, 0.1) is 0 Å². The van der Waals surface area contributed by atoms with Gasteiger partial charge in [0.1, 0.15) is 11.9 Å². The van der Waals surface area contributed by atoms with Crippen molar-refractivity contribution in [2.45, 2.75) is 90.6 Å². The molecule has 0 saturated carbocycles. The van der Waals surface area contributed by atoms with Gasteiger partial charge in [-0.1, -0.05) is 65.2 Å².